The summed E-state index contributed by atoms with van der Waals surface area (Å²) in [5, 5.41) is 3.02. The molecule has 1 amide bonds. The Morgan fingerprint density at radius 3 is 2.92 bits per heavy atom. The van der Waals surface area contributed by atoms with E-state index in [1.807, 2.05) is 31.2 Å². The highest BCUT2D eigenvalue weighted by Gasteiger charge is 2.09. The van der Waals surface area contributed by atoms with Gasteiger partial charge in [-0.1, -0.05) is 35.6 Å². The van der Waals surface area contributed by atoms with Crippen LogP contribution in [0.25, 0.3) is 16.3 Å². The molecule has 0 bridgehead atoms. The number of ether oxygens (including phenoxy) is 1. The second-order valence-electron chi connectivity index (χ2n) is 4.90. The number of nitrogens with zero attached hydrogens (tertiary/aromatic N) is 1. The van der Waals surface area contributed by atoms with Gasteiger partial charge in [-0.15, -0.1) is 0 Å². The van der Waals surface area contributed by atoms with Gasteiger partial charge < -0.3 is 4.74 Å². The molecule has 24 heavy (non-hydrogen) atoms. The van der Waals surface area contributed by atoms with Crippen LogP contribution in [0.4, 0.5) is 9.52 Å². The number of rotatable bonds is 5. The van der Waals surface area contributed by atoms with Gasteiger partial charge in [0.25, 0.3) is 0 Å². The summed E-state index contributed by atoms with van der Waals surface area (Å²) in [5.74, 6) is -0.0164. The maximum Gasteiger partial charge on any atom is 0.250 e. The van der Waals surface area contributed by atoms with Gasteiger partial charge in [-0.2, -0.15) is 0 Å². The number of hydrogen-bond donors (Lipinski definition) is 1. The fraction of sp³-hybridized carbons (Fsp3) is 0.111. The average molecular weight is 342 g/mol. The maximum atomic E-state index is 13.6. The lowest BCUT2D eigenvalue weighted by Crippen LogP contribution is -2.07. The normalized spacial score (nSPS) is 11.1. The topological polar surface area (TPSA) is 51.2 Å². The van der Waals surface area contributed by atoms with Crippen LogP contribution in [0.2, 0.25) is 0 Å². The molecule has 2 aromatic carbocycles. The predicted octanol–water partition coefficient (Wildman–Crippen LogP) is 4.49. The highest BCUT2D eigenvalue weighted by atomic mass is 32.1. The van der Waals surface area contributed by atoms with Gasteiger partial charge in [0, 0.05) is 11.6 Å². The molecule has 3 aromatic rings. The van der Waals surface area contributed by atoms with E-state index in [2.05, 4.69) is 10.3 Å². The lowest BCUT2D eigenvalue weighted by molar-refractivity contribution is -0.111. The Morgan fingerprint density at radius 1 is 1.29 bits per heavy atom. The van der Waals surface area contributed by atoms with Gasteiger partial charge in [0.2, 0.25) is 5.91 Å². The zero-order valence-electron chi connectivity index (χ0n) is 13.0. The van der Waals surface area contributed by atoms with Crippen molar-refractivity contribution in [3.05, 3.63) is 59.9 Å². The number of halogens is 1. The van der Waals surface area contributed by atoms with E-state index in [4.69, 9.17) is 4.74 Å². The van der Waals surface area contributed by atoms with Crippen LogP contribution in [0.3, 0.4) is 0 Å². The van der Waals surface area contributed by atoms with Crippen molar-refractivity contribution < 1.29 is 13.9 Å². The molecule has 0 saturated carbocycles. The van der Waals surface area contributed by atoms with E-state index in [0.29, 0.717) is 22.2 Å². The SMILES string of the molecule is CCOc1ccccc1/C=C/C(=O)Nc1nc2c(F)cccc2s1. The number of nitrogens with one attached hydrogen (secondary N) is 1. The molecule has 1 N–H and O–H groups in total. The number of hydrogen-bond acceptors (Lipinski definition) is 4. The maximum absolute atomic E-state index is 13.6. The van der Waals surface area contributed by atoms with Crippen molar-refractivity contribution in [1.29, 1.82) is 0 Å². The number of anilines is 1. The molecule has 0 spiro atoms. The second kappa shape index (κ2) is 7.23. The first kappa shape index (κ1) is 16.1. The number of amides is 1. The summed E-state index contributed by atoms with van der Waals surface area (Å²) in [6.45, 7) is 2.45. The quantitative estimate of drug-likeness (QED) is 0.695. The van der Waals surface area contributed by atoms with Gasteiger partial charge >= 0.3 is 0 Å². The molecule has 4 nitrogen and oxygen atoms in total. The van der Waals surface area contributed by atoms with E-state index in [9.17, 15) is 9.18 Å². The zero-order chi connectivity index (χ0) is 16.9. The number of thiazole rings is 1. The first-order valence-corrected chi connectivity index (χ1v) is 8.25. The average Bonchev–Trinajstić information content (AvgIpc) is 2.98. The fourth-order valence-electron chi connectivity index (χ4n) is 2.19. The van der Waals surface area contributed by atoms with E-state index in [-0.39, 0.29) is 11.4 Å². The highest BCUT2D eigenvalue weighted by Crippen LogP contribution is 2.27. The lowest BCUT2D eigenvalue weighted by atomic mass is 10.2. The van der Waals surface area contributed by atoms with Crippen molar-refractivity contribution >= 4 is 38.7 Å². The molecule has 0 atom stereocenters. The van der Waals surface area contributed by atoms with Crippen molar-refractivity contribution in [2.24, 2.45) is 0 Å². The van der Waals surface area contributed by atoms with Crippen LogP contribution in [0.15, 0.2) is 48.5 Å². The van der Waals surface area contributed by atoms with Gasteiger partial charge in [0.15, 0.2) is 5.13 Å². The number of carbonyl (C=O) groups excluding carboxylic acids is 1. The summed E-state index contributed by atoms with van der Waals surface area (Å²) >= 11 is 1.23. The van der Waals surface area contributed by atoms with Crippen molar-refractivity contribution in [3.8, 4) is 5.75 Å². The van der Waals surface area contributed by atoms with E-state index in [1.54, 1.807) is 18.2 Å². The molecule has 3 rings (SSSR count). The molecule has 1 aromatic heterocycles. The lowest BCUT2D eigenvalue weighted by Gasteiger charge is -2.06. The second-order valence-corrected chi connectivity index (χ2v) is 5.93. The molecule has 0 unspecified atom stereocenters. The number of para-hydroxylation sites is 2. The Kier molecular flexibility index (Phi) is 4.86. The molecule has 0 radical (unpaired) electrons. The molecule has 6 heteroatoms. The summed E-state index contributed by atoms with van der Waals surface area (Å²) in [4.78, 5) is 16.2. The van der Waals surface area contributed by atoms with Crippen molar-refractivity contribution in [3.63, 3.8) is 0 Å². The Bertz CT molecular complexity index is 905. The predicted molar refractivity (Wildman–Crippen MR) is 94.9 cm³/mol. The zero-order valence-corrected chi connectivity index (χ0v) is 13.8. The monoisotopic (exact) mass is 342 g/mol. The minimum Gasteiger partial charge on any atom is -0.493 e. The number of fused-ring (bicyclic) bond motifs is 1. The molecule has 0 aliphatic rings. The van der Waals surface area contributed by atoms with Gasteiger partial charge in [0.05, 0.1) is 11.3 Å². The third-order valence-corrected chi connectivity index (χ3v) is 4.17. The standard InChI is InChI=1S/C18H15FN2O2S/c1-2-23-14-8-4-3-6-12(14)10-11-16(22)20-18-21-17-13(19)7-5-9-15(17)24-18/h3-11H,2H2,1H3,(H,20,21,22)/b11-10+. The third kappa shape index (κ3) is 3.60. The highest BCUT2D eigenvalue weighted by molar-refractivity contribution is 7.22. The molecule has 122 valence electrons. The van der Waals surface area contributed by atoms with Gasteiger partial charge in [-0.25, -0.2) is 9.37 Å². The Labute approximate surface area is 142 Å². The van der Waals surface area contributed by atoms with Crippen LogP contribution in [0, 0.1) is 5.82 Å². The number of aromatic nitrogens is 1. The minimum absolute atomic E-state index is 0.267. The first-order valence-electron chi connectivity index (χ1n) is 7.43. The van der Waals surface area contributed by atoms with E-state index in [0.717, 1.165) is 5.56 Å². The molecule has 0 fully saturated rings. The van der Waals surface area contributed by atoms with E-state index >= 15 is 0 Å². The summed E-state index contributed by atoms with van der Waals surface area (Å²) in [5.41, 5.74) is 1.08. The largest absolute Gasteiger partial charge is 0.493 e. The summed E-state index contributed by atoms with van der Waals surface area (Å²) in [7, 11) is 0. The third-order valence-electron chi connectivity index (χ3n) is 3.23. The van der Waals surface area contributed by atoms with Crippen LogP contribution >= 0.6 is 11.3 Å². The molecule has 1 heterocycles. The van der Waals surface area contributed by atoms with E-state index in [1.165, 1.54) is 23.5 Å². The molecule has 0 aliphatic heterocycles. The van der Waals surface area contributed by atoms with E-state index < -0.39 is 5.82 Å². The number of benzene rings is 2. The van der Waals surface area contributed by atoms with Crippen LogP contribution < -0.4 is 10.1 Å². The molecule has 0 aliphatic carbocycles. The first-order chi connectivity index (χ1) is 11.7. The van der Waals surface area contributed by atoms with Gasteiger partial charge in [-0.05, 0) is 31.2 Å². The molecular formula is C18H15FN2O2S. The summed E-state index contributed by atoms with van der Waals surface area (Å²) < 4.78 is 19.8. The summed E-state index contributed by atoms with van der Waals surface area (Å²) in [6.07, 6.45) is 3.08. The van der Waals surface area contributed by atoms with Crippen LogP contribution in [0.1, 0.15) is 12.5 Å². The fourth-order valence-corrected chi connectivity index (χ4v) is 3.07. The Hall–Kier alpha value is -2.73. The Morgan fingerprint density at radius 2 is 2.12 bits per heavy atom. The summed E-state index contributed by atoms with van der Waals surface area (Å²) in [6, 6.07) is 12.2. The van der Waals surface area contributed by atoms with Gasteiger partial charge in [-0.3, -0.25) is 10.1 Å². The molecule has 0 saturated heterocycles. The van der Waals surface area contributed by atoms with Crippen molar-refractivity contribution in [2.45, 2.75) is 6.92 Å². The van der Waals surface area contributed by atoms with Crippen LogP contribution in [0.5, 0.6) is 5.75 Å². The van der Waals surface area contributed by atoms with Crippen LogP contribution in [-0.2, 0) is 4.79 Å². The minimum atomic E-state index is -0.398. The Balaban J connectivity index is 1.74. The van der Waals surface area contributed by atoms with Crippen LogP contribution in [-0.4, -0.2) is 17.5 Å². The smallest absolute Gasteiger partial charge is 0.250 e. The van der Waals surface area contributed by atoms with Crippen molar-refractivity contribution in [2.75, 3.05) is 11.9 Å². The molecular weight excluding hydrogens is 327 g/mol. The van der Waals surface area contributed by atoms with Crippen molar-refractivity contribution in [1.82, 2.24) is 4.98 Å². The van der Waals surface area contributed by atoms with Gasteiger partial charge in [0.1, 0.15) is 17.1 Å². The number of carbonyl (C=O) groups is 1.